The van der Waals surface area contributed by atoms with Gasteiger partial charge in [0.1, 0.15) is 5.75 Å². The minimum Gasteiger partial charge on any atom is -0.437 e. The Morgan fingerprint density at radius 3 is 2.50 bits per heavy atom. The van der Waals surface area contributed by atoms with Gasteiger partial charge in [-0.2, -0.15) is 0 Å². The van der Waals surface area contributed by atoms with E-state index < -0.39 is 0 Å². The number of anilines is 1. The van der Waals surface area contributed by atoms with Crippen molar-refractivity contribution in [2.75, 3.05) is 5.73 Å². The Morgan fingerprint density at radius 2 is 1.77 bits per heavy atom. The zero-order chi connectivity index (χ0) is 21.5. The SMILES string of the molecule is Cn1c(=O)n(CC(C)(C)C)c2ccc(-c3cccc(Oc4ncccc4N)c3)cc21. The highest BCUT2D eigenvalue weighted by atomic mass is 16.5. The van der Waals surface area contributed by atoms with Crippen molar-refractivity contribution in [1.82, 2.24) is 14.1 Å². The van der Waals surface area contributed by atoms with Crippen LogP contribution in [-0.4, -0.2) is 14.1 Å². The van der Waals surface area contributed by atoms with Gasteiger partial charge in [-0.3, -0.25) is 9.13 Å². The van der Waals surface area contributed by atoms with E-state index in [1.54, 1.807) is 22.9 Å². The summed E-state index contributed by atoms with van der Waals surface area (Å²) in [5.41, 5.74) is 10.3. The smallest absolute Gasteiger partial charge is 0.328 e. The predicted molar refractivity (Wildman–Crippen MR) is 121 cm³/mol. The quantitative estimate of drug-likeness (QED) is 0.531. The van der Waals surface area contributed by atoms with E-state index in [1.165, 1.54) is 0 Å². The van der Waals surface area contributed by atoms with Gasteiger partial charge in [-0.05, 0) is 52.9 Å². The summed E-state index contributed by atoms with van der Waals surface area (Å²) in [6, 6.07) is 17.4. The molecule has 30 heavy (non-hydrogen) atoms. The van der Waals surface area contributed by atoms with Crippen molar-refractivity contribution in [1.29, 1.82) is 0 Å². The number of rotatable bonds is 4. The highest BCUT2D eigenvalue weighted by molar-refractivity contribution is 5.83. The standard InChI is InChI=1S/C24H26N4O2/c1-24(2,3)15-28-20-11-10-17(14-21(20)27(4)23(28)29)16-7-5-8-18(13-16)30-22-19(25)9-6-12-26-22/h5-14H,15,25H2,1-4H3. The van der Waals surface area contributed by atoms with Crippen LogP contribution in [0.1, 0.15) is 20.8 Å². The molecule has 0 saturated carbocycles. The van der Waals surface area contributed by atoms with Gasteiger partial charge in [0, 0.05) is 19.8 Å². The minimum absolute atomic E-state index is 0.000198. The Morgan fingerprint density at radius 1 is 1.00 bits per heavy atom. The predicted octanol–water partition coefficient (Wildman–Crippen LogP) is 4.82. The highest BCUT2D eigenvalue weighted by Gasteiger charge is 2.18. The van der Waals surface area contributed by atoms with Crippen molar-refractivity contribution in [2.24, 2.45) is 12.5 Å². The van der Waals surface area contributed by atoms with Gasteiger partial charge in [-0.1, -0.05) is 39.0 Å². The van der Waals surface area contributed by atoms with E-state index >= 15 is 0 Å². The van der Waals surface area contributed by atoms with Crippen molar-refractivity contribution in [2.45, 2.75) is 27.3 Å². The van der Waals surface area contributed by atoms with Crippen LogP contribution >= 0.6 is 0 Å². The molecule has 0 unspecified atom stereocenters. The molecule has 0 aliphatic rings. The molecule has 0 radical (unpaired) electrons. The fraction of sp³-hybridized carbons (Fsp3) is 0.250. The maximum absolute atomic E-state index is 12.8. The fourth-order valence-corrected chi connectivity index (χ4v) is 3.55. The molecule has 2 aromatic carbocycles. The van der Waals surface area contributed by atoms with Crippen molar-refractivity contribution in [3.05, 3.63) is 71.3 Å². The molecule has 0 bridgehead atoms. The first kappa shape index (κ1) is 19.8. The summed E-state index contributed by atoms with van der Waals surface area (Å²) in [5, 5.41) is 0. The number of imidazole rings is 1. The zero-order valence-electron chi connectivity index (χ0n) is 17.7. The Labute approximate surface area is 175 Å². The van der Waals surface area contributed by atoms with Gasteiger partial charge in [0.2, 0.25) is 5.88 Å². The molecule has 0 saturated heterocycles. The van der Waals surface area contributed by atoms with Crippen LogP contribution in [0.2, 0.25) is 0 Å². The lowest BCUT2D eigenvalue weighted by Gasteiger charge is -2.18. The molecule has 0 spiro atoms. The van der Waals surface area contributed by atoms with Gasteiger partial charge in [-0.15, -0.1) is 0 Å². The van der Waals surface area contributed by atoms with E-state index in [0.717, 1.165) is 22.2 Å². The lowest BCUT2D eigenvalue weighted by atomic mass is 9.97. The molecule has 154 valence electrons. The lowest BCUT2D eigenvalue weighted by Crippen LogP contribution is -2.27. The zero-order valence-corrected chi connectivity index (χ0v) is 17.7. The summed E-state index contributed by atoms with van der Waals surface area (Å²) >= 11 is 0. The van der Waals surface area contributed by atoms with E-state index in [4.69, 9.17) is 10.5 Å². The number of hydrogen-bond acceptors (Lipinski definition) is 4. The summed E-state index contributed by atoms with van der Waals surface area (Å²) < 4.78 is 9.42. The number of aryl methyl sites for hydroxylation is 1. The van der Waals surface area contributed by atoms with Crippen molar-refractivity contribution in [3.8, 4) is 22.8 Å². The number of ether oxygens (including phenoxy) is 1. The first-order valence-electron chi connectivity index (χ1n) is 9.91. The van der Waals surface area contributed by atoms with Crippen molar-refractivity contribution >= 4 is 16.7 Å². The second kappa shape index (κ2) is 7.37. The molecule has 4 rings (SSSR count). The summed E-state index contributed by atoms with van der Waals surface area (Å²) in [6.07, 6.45) is 1.65. The molecule has 0 fully saturated rings. The van der Waals surface area contributed by atoms with Gasteiger partial charge in [0.15, 0.2) is 0 Å². The number of hydrogen-bond donors (Lipinski definition) is 1. The summed E-state index contributed by atoms with van der Waals surface area (Å²) in [4.78, 5) is 17.0. The average molecular weight is 402 g/mol. The molecule has 0 aliphatic carbocycles. The molecule has 4 aromatic rings. The molecule has 0 aliphatic heterocycles. The third-order valence-corrected chi connectivity index (χ3v) is 4.96. The van der Waals surface area contributed by atoms with Crippen LogP contribution in [0.15, 0.2) is 65.6 Å². The third kappa shape index (κ3) is 3.81. The van der Waals surface area contributed by atoms with E-state index in [1.807, 2.05) is 54.1 Å². The average Bonchev–Trinajstić information content (AvgIpc) is 2.93. The van der Waals surface area contributed by atoms with E-state index in [0.29, 0.717) is 23.9 Å². The molecule has 2 N–H and O–H groups in total. The monoisotopic (exact) mass is 402 g/mol. The van der Waals surface area contributed by atoms with Crippen LogP contribution in [0.4, 0.5) is 5.69 Å². The third-order valence-electron chi connectivity index (χ3n) is 4.96. The maximum Gasteiger partial charge on any atom is 0.328 e. The van der Waals surface area contributed by atoms with E-state index in [2.05, 4.69) is 25.8 Å². The van der Waals surface area contributed by atoms with Crippen LogP contribution in [0.3, 0.4) is 0 Å². The Bertz CT molecular complexity index is 1280. The number of nitrogen functional groups attached to an aromatic ring is 1. The number of nitrogens with zero attached hydrogens (tertiary/aromatic N) is 3. The van der Waals surface area contributed by atoms with Gasteiger partial charge < -0.3 is 10.5 Å². The molecule has 0 atom stereocenters. The molecule has 2 aromatic heterocycles. The van der Waals surface area contributed by atoms with Gasteiger partial charge >= 0.3 is 5.69 Å². The van der Waals surface area contributed by atoms with Crippen molar-refractivity contribution < 1.29 is 4.74 Å². The number of fused-ring (bicyclic) bond motifs is 1. The van der Waals surface area contributed by atoms with Crippen LogP contribution in [0.25, 0.3) is 22.2 Å². The largest absolute Gasteiger partial charge is 0.437 e. The van der Waals surface area contributed by atoms with E-state index in [9.17, 15) is 4.79 Å². The first-order valence-corrected chi connectivity index (χ1v) is 9.91. The Balaban J connectivity index is 1.73. The normalized spacial score (nSPS) is 11.7. The topological polar surface area (TPSA) is 75.1 Å². The Hall–Kier alpha value is -3.54. The number of pyridine rings is 1. The van der Waals surface area contributed by atoms with Crippen LogP contribution in [-0.2, 0) is 13.6 Å². The van der Waals surface area contributed by atoms with Crippen LogP contribution < -0.4 is 16.2 Å². The number of benzene rings is 2. The molecular formula is C24H26N4O2. The highest BCUT2D eigenvalue weighted by Crippen LogP contribution is 2.30. The summed E-state index contributed by atoms with van der Waals surface area (Å²) in [5.74, 6) is 1.03. The van der Waals surface area contributed by atoms with E-state index in [-0.39, 0.29) is 11.1 Å². The van der Waals surface area contributed by atoms with Gasteiger partial charge in [-0.25, -0.2) is 9.78 Å². The van der Waals surface area contributed by atoms with Gasteiger partial charge in [0.05, 0.1) is 16.7 Å². The minimum atomic E-state index is -0.000198. The Kier molecular flexibility index (Phi) is 4.86. The molecule has 6 heteroatoms. The first-order chi connectivity index (χ1) is 14.2. The second-order valence-electron chi connectivity index (χ2n) is 8.72. The second-order valence-corrected chi connectivity index (χ2v) is 8.72. The summed E-state index contributed by atoms with van der Waals surface area (Å²) in [7, 11) is 1.82. The molecule has 6 nitrogen and oxygen atoms in total. The molecule has 0 amide bonds. The maximum atomic E-state index is 12.8. The van der Waals surface area contributed by atoms with Crippen LogP contribution in [0, 0.1) is 5.41 Å². The summed E-state index contributed by atoms with van der Waals surface area (Å²) in [6.45, 7) is 7.06. The number of nitrogens with two attached hydrogens (primary N) is 1. The molecule has 2 heterocycles. The molecular weight excluding hydrogens is 376 g/mol. The van der Waals surface area contributed by atoms with Gasteiger partial charge in [0.25, 0.3) is 0 Å². The number of aromatic nitrogens is 3. The fourth-order valence-electron chi connectivity index (χ4n) is 3.55. The lowest BCUT2D eigenvalue weighted by molar-refractivity contribution is 0.342. The van der Waals surface area contributed by atoms with Crippen molar-refractivity contribution in [3.63, 3.8) is 0 Å². The van der Waals surface area contributed by atoms with Crippen LogP contribution in [0.5, 0.6) is 11.6 Å².